The molecule has 45 heavy (non-hydrogen) atoms. The number of nitrogens with one attached hydrogen (secondary N) is 1. The van der Waals surface area contributed by atoms with Crippen LogP contribution in [-0.2, 0) is 21.1 Å². The number of methoxy groups -OCH3 is 1. The number of hydrogen-bond donors (Lipinski definition) is 1. The van der Waals surface area contributed by atoms with E-state index in [9.17, 15) is 22.0 Å². The number of alkyl halides is 2. The maximum atomic E-state index is 13.2. The molecule has 1 aliphatic heterocycles. The standard InChI is InChI=1S/C30H34F2N6O6S/c1-5-43-30(39)37-13-11-36(12-14-37)26-17-25(33-18-20-7-6-8-22(15-20)45(4,40)41)38-28(34-26)27(19(2)35-38)21-9-10-23(42-3)24(16-21)44-29(31)32/h6-10,15-17,29,33H,5,11-14,18H2,1-4H3. The lowest BCUT2D eigenvalue weighted by Gasteiger charge is -2.34. The van der Waals surface area contributed by atoms with Gasteiger partial charge in [0.25, 0.3) is 0 Å². The van der Waals surface area contributed by atoms with Crippen molar-refractivity contribution in [2.45, 2.75) is 31.9 Å². The fraction of sp³-hybridized carbons (Fsp3) is 0.367. The van der Waals surface area contributed by atoms with Crippen LogP contribution in [0.4, 0.5) is 25.2 Å². The van der Waals surface area contributed by atoms with E-state index in [4.69, 9.17) is 24.3 Å². The molecule has 0 unspecified atom stereocenters. The summed E-state index contributed by atoms with van der Waals surface area (Å²) in [7, 11) is -2.02. The topological polar surface area (TPSA) is 128 Å². The zero-order valence-corrected chi connectivity index (χ0v) is 26.1. The van der Waals surface area contributed by atoms with Gasteiger partial charge in [-0.3, -0.25) is 0 Å². The van der Waals surface area contributed by atoms with E-state index in [1.807, 2.05) is 17.0 Å². The Bertz CT molecular complexity index is 1810. The molecule has 2 aromatic carbocycles. The van der Waals surface area contributed by atoms with Crippen molar-refractivity contribution in [1.29, 1.82) is 0 Å². The molecule has 2 aromatic heterocycles. The zero-order chi connectivity index (χ0) is 32.3. The molecule has 15 heteroatoms. The summed E-state index contributed by atoms with van der Waals surface area (Å²) in [6.07, 6.45) is 0.791. The predicted octanol–water partition coefficient (Wildman–Crippen LogP) is 4.61. The van der Waals surface area contributed by atoms with Gasteiger partial charge in [-0.1, -0.05) is 18.2 Å². The summed E-state index contributed by atoms with van der Waals surface area (Å²) in [5.41, 5.74) is 2.93. The number of anilines is 2. The molecule has 0 spiro atoms. The quantitative estimate of drug-likeness (QED) is 0.262. The number of benzene rings is 2. The number of hydrogen-bond acceptors (Lipinski definition) is 10. The molecule has 1 fully saturated rings. The van der Waals surface area contributed by atoms with Crippen LogP contribution in [0.1, 0.15) is 18.2 Å². The van der Waals surface area contributed by atoms with Crippen LogP contribution in [0.3, 0.4) is 0 Å². The number of carbonyl (C=O) groups is 1. The van der Waals surface area contributed by atoms with Crippen LogP contribution in [0.15, 0.2) is 53.4 Å². The highest BCUT2D eigenvalue weighted by Crippen LogP contribution is 2.37. The van der Waals surface area contributed by atoms with Gasteiger partial charge >= 0.3 is 12.7 Å². The summed E-state index contributed by atoms with van der Waals surface area (Å²) in [6.45, 7) is 2.93. The van der Waals surface area contributed by atoms with Crippen LogP contribution in [0, 0.1) is 6.92 Å². The number of aryl methyl sites for hydroxylation is 1. The van der Waals surface area contributed by atoms with E-state index >= 15 is 0 Å². The van der Waals surface area contributed by atoms with Gasteiger partial charge in [-0.25, -0.2) is 18.2 Å². The summed E-state index contributed by atoms with van der Waals surface area (Å²) >= 11 is 0. The van der Waals surface area contributed by atoms with Crippen molar-refractivity contribution < 1.29 is 36.2 Å². The third-order valence-electron chi connectivity index (χ3n) is 7.35. The maximum absolute atomic E-state index is 13.2. The summed E-state index contributed by atoms with van der Waals surface area (Å²) in [5.74, 6) is 1.20. The fourth-order valence-electron chi connectivity index (χ4n) is 5.17. The van der Waals surface area contributed by atoms with Crippen LogP contribution in [-0.4, -0.2) is 86.8 Å². The number of rotatable bonds is 10. The number of piperazine rings is 1. The number of ether oxygens (including phenoxy) is 3. The van der Waals surface area contributed by atoms with Gasteiger partial charge in [-0.2, -0.15) is 18.4 Å². The van der Waals surface area contributed by atoms with Crippen molar-refractivity contribution in [3.63, 3.8) is 0 Å². The second-order valence-corrected chi connectivity index (χ2v) is 12.4. The maximum Gasteiger partial charge on any atom is 0.409 e. The van der Waals surface area contributed by atoms with E-state index in [1.165, 1.54) is 13.2 Å². The summed E-state index contributed by atoms with van der Waals surface area (Å²) in [5, 5.41) is 8.09. The molecule has 1 aliphatic rings. The molecule has 0 bridgehead atoms. The van der Waals surface area contributed by atoms with E-state index in [0.717, 1.165) is 11.8 Å². The third kappa shape index (κ3) is 7.03. The molecule has 4 aromatic rings. The Kier molecular flexibility index (Phi) is 9.27. The van der Waals surface area contributed by atoms with Gasteiger partial charge in [-0.15, -0.1) is 0 Å². The first-order chi connectivity index (χ1) is 21.5. The van der Waals surface area contributed by atoms with Crippen molar-refractivity contribution in [3.05, 3.63) is 59.8 Å². The molecule has 5 rings (SSSR count). The Morgan fingerprint density at radius 3 is 2.49 bits per heavy atom. The molecule has 0 atom stereocenters. The minimum absolute atomic E-state index is 0.126. The molecule has 1 saturated heterocycles. The molecule has 0 saturated carbocycles. The van der Waals surface area contributed by atoms with E-state index in [0.29, 0.717) is 60.3 Å². The normalized spacial score (nSPS) is 13.8. The number of amides is 1. The first-order valence-electron chi connectivity index (χ1n) is 14.2. The Morgan fingerprint density at radius 1 is 1.07 bits per heavy atom. The second kappa shape index (κ2) is 13.1. The highest BCUT2D eigenvalue weighted by molar-refractivity contribution is 7.90. The van der Waals surface area contributed by atoms with Crippen molar-refractivity contribution >= 4 is 33.2 Å². The summed E-state index contributed by atoms with van der Waals surface area (Å²) in [4.78, 5) is 21.1. The van der Waals surface area contributed by atoms with Crippen LogP contribution in [0.2, 0.25) is 0 Å². The predicted molar refractivity (Wildman–Crippen MR) is 164 cm³/mol. The average Bonchev–Trinajstić information content (AvgIpc) is 3.35. The lowest BCUT2D eigenvalue weighted by Crippen LogP contribution is -2.49. The second-order valence-electron chi connectivity index (χ2n) is 10.4. The molecule has 12 nitrogen and oxygen atoms in total. The van der Waals surface area contributed by atoms with Gasteiger partial charge in [0.1, 0.15) is 11.6 Å². The minimum Gasteiger partial charge on any atom is -0.493 e. The Morgan fingerprint density at radius 2 is 1.82 bits per heavy atom. The lowest BCUT2D eigenvalue weighted by molar-refractivity contribution is -0.0511. The SMILES string of the molecule is CCOC(=O)N1CCN(c2cc(NCc3cccc(S(C)(=O)=O)c3)n3nc(C)c(-c4ccc(OC)c(OC(F)F)c4)c3n2)CC1. The van der Waals surface area contributed by atoms with Gasteiger partial charge in [0.05, 0.1) is 24.3 Å². The molecule has 0 radical (unpaired) electrons. The number of fused-ring (bicyclic) bond motifs is 1. The first kappa shape index (κ1) is 31.8. The molecular formula is C30H34F2N6O6S. The van der Waals surface area contributed by atoms with E-state index in [1.54, 1.807) is 53.6 Å². The van der Waals surface area contributed by atoms with Crippen LogP contribution < -0.4 is 19.7 Å². The van der Waals surface area contributed by atoms with Gasteiger partial charge in [0, 0.05) is 50.6 Å². The van der Waals surface area contributed by atoms with Crippen LogP contribution >= 0.6 is 0 Å². The summed E-state index contributed by atoms with van der Waals surface area (Å²) < 4.78 is 67.3. The summed E-state index contributed by atoms with van der Waals surface area (Å²) in [6, 6.07) is 13.2. The molecular weight excluding hydrogens is 610 g/mol. The molecule has 3 heterocycles. The molecule has 240 valence electrons. The molecule has 0 aliphatic carbocycles. The number of sulfone groups is 1. The zero-order valence-electron chi connectivity index (χ0n) is 25.3. The third-order valence-corrected chi connectivity index (χ3v) is 8.46. The Balaban J connectivity index is 1.56. The van der Waals surface area contributed by atoms with Crippen LogP contribution in [0.5, 0.6) is 11.5 Å². The lowest BCUT2D eigenvalue weighted by atomic mass is 10.1. The molecule has 1 amide bonds. The number of carbonyl (C=O) groups excluding carboxylic acids is 1. The number of nitrogens with zero attached hydrogens (tertiary/aromatic N) is 5. The number of aromatic nitrogens is 3. The number of halogens is 2. The highest BCUT2D eigenvalue weighted by atomic mass is 32.2. The fourth-order valence-corrected chi connectivity index (χ4v) is 5.86. The average molecular weight is 645 g/mol. The monoisotopic (exact) mass is 644 g/mol. The minimum atomic E-state index is -3.39. The van der Waals surface area contributed by atoms with Gasteiger partial charge < -0.3 is 29.3 Å². The van der Waals surface area contributed by atoms with Crippen molar-refractivity contribution in [1.82, 2.24) is 19.5 Å². The highest BCUT2D eigenvalue weighted by Gasteiger charge is 2.25. The van der Waals surface area contributed by atoms with Crippen molar-refractivity contribution in [2.75, 3.05) is 56.4 Å². The van der Waals surface area contributed by atoms with Gasteiger partial charge in [-0.05, 0) is 49.2 Å². The first-order valence-corrected chi connectivity index (χ1v) is 16.1. The van der Waals surface area contributed by atoms with E-state index in [-0.39, 0.29) is 35.6 Å². The van der Waals surface area contributed by atoms with Crippen molar-refractivity contribution in [3.8, 4) is 22.6 Å². The Labute approximate surface area is 259 Å². The smallest absolute Gasteiger partial charge is 0.409 e. The van der Waals surface area contributed by atoms with Crippen molar-refractivity contribution in [2.24, 2.45) is 0 Å². The Hall–Kier alpha value is -4.66. The van der Waals surface area contributed by atoms with Crippen LogP contribution in [0.25, 0.3) is 16.8 Å². The van der Waals surface area contributed by atoms with E-state index in [2.05, 4.69) is 5.32 Å². The largest absolute Gasteiger partial charge is 0.493 e. The van der Waals surface area contributed by atoms with E-state index < -0.39 is 16.4 Å². The molecule has 1 N–H and O–H groups in total. The van der Waals surface area contributed by atoms with Gasteiger partial charge in [0.2, 0.25) is 0 Å². The van der Waals surface area contributed by atoms with Gasteiger partial charge in [0.15, 0.2) is 27.0 Å².